The second-order valence-corrected chi connectivity index (χ2v) is 3.31. The fourth-order valence-corrected chi connectivity index (χ4v) is 1.54. The van der Waals surface area contributed by atoms with Gasteiger partial charge in [0.1, 0.15) is 0 Å². The first-order valence-corrected chi connectivity index (χ1v) is 4.32. The number of carbonyl (C=O) groups excluding carboxylic acids is 1. The van der Waals surface area contributed by atoms with Gasteiger partial charge in [-0.1, -0.05) is 23.8 Å². The van der Waals surface area contributed by atoms with Crippen molar-refractivity contribution < 1.29 is 4.79 Å². The molecule has 0 aliphatic carbocycles. The van der Waals surface area contributed by atoms with Crippen LogP contribution < -0.4 is 5.32 Å². The van der Waals surface area contributed by atoms with Gasteiger partial charge in [0.15, 0.2) is 0 Å². The standard InChI is InChI=1S/C11H11NO/c1-8-6-9-4-2-3-5-10(9)12-11(13)7-8/h2-5,7H,6H2,1H3,(H,12,13). The van der Waals surface area contributed by atoms with Gasteiger partial charge < -0.3 is 5.32 Å². The third-order valence-corrected chi connectivity index (χ3v) is 2.12. The summed E-state index contributed by atoms with van der Waals surface area (Å²) in [7, 11) is 0. The van der Waals surface area contributed by atoms with Crippen LogP contribution in [-0.4, -0.2) is 5.91 Å². The van der Waals surface area contributed by atoms with Gasteiger partial charge in [-0.15, -0.1) is 0 Å². The molecule has 13 heavy (non-hydrogen) atoms. The maximum atomic E-state index is 11.3. The highest BCUT2D eigenvalue weighted by atomic mass is 16.1. The third-order valence-electron chi connectivity index (χ3n) is 2.12. The molecule has 1 aromatic rings. The molecule has 2 nitrogen and oxygen atoms in total. The van der Waals surface area contributed by atoms with Gasteiger partial charge in [-0.25, -0.2) is 0 Å². The summed E-state index contributed by atoms with van der Waals surface area (Å²) in [6.07, 6.45) is 2.51. The molecule has 1 aliphatic heterocycles. The van der Waals surface area contributed by atoms with Crippen molar-refractivity contribution in [2.45, 2.75) is 13.3 Å². The second kappa shape index (κ2) is 3.05. The quantitative estimate of drug-likeness (QED) is 0.639. The van der Waals surface area contributed by atoms with E-state index >= 15 is 0 Å². The molecule has 0 bridgehead atoms. The van der Waals surface area contributed by atoms with E-state index in [1.807, 2.05) is 31.2 Å². The van der Waals surface area contributed by atoms with Crippen LogP contribution in [0.3, 0.4) is 0 Å². The Labute approximate surface area is 77.3 Å². The average Bonchev–Trinajstić information content (AvgIpc) is 2.20. The van der Waals surface area contributed by atoms with Crippen molar-refractivity contribution in [2.75, 3.05) is 5.32 Å². The van der Waals surface area contributed by atoms with Crippen LogP contribution in [-0.2, 0) is 11.2 Å². The van der Waals surface area contributed by atoms with E-state index in [0.29, 0.717) is 0 Å². The SMILES string of the molecule is CC1=CC(=O)Nc2ccccc2C1. The lowest BCUT2D eigenvalue weighted by Crippen LogP contribution is -2.07. The number of rotatable bonds is 0. The highest BCUT2D eigenvalue weighted by Gasteiger charge is 2.09. The van der Waals surface area contributed by atoms with E-state index in [1.165, 1.54) is 5.56 Å². The molecule has 1 aliphatic rings. The normalized spacial score (nSPS) is 15.5. The van der Waals surface area contributed by atoms with Crippen LogP contribution in [0, 0.1) is 0 Å². The molecule has 66 valence electrons. The molecule has 1 N–H and O–H groups in total. The van der Waals surface area contributed by atoms with E-state index in [4.69, 9.17) is 0 Å². The smallest absolute Gasteiger partial charge is 0.248 e. The van der Waals surface area contributed by atoms with Crippen LogP contribution in [0.4, 0.5) is 5.69 Å². The fourth-order valence-electron chi connectivity index (χ4n) is 1.54. The maximum Gasteiger partial charge on any atom is 0.248 e. The van der Waals surface area contributed by atoms with E-state index in [1.54, 1.807) is 6.08 Å². The fraction of sp³-hybridized carbons (Fsp3) is 0.182. The summed E-state index contributed by atoms with van der Waals surface area (Å²) in [5.41, 5.74) is 3.21. The Balaban J connectivity index is 2.46. The number of para-hydroxylation sites is 1. The van der Waals surface area contributed by atoms with E-state index in [-0.39, 0.29) is 5.91 Å². The molecule has 0 atom stereocenters. The molecule has 0 aromatic heterocycles. The predicted octanol–water partition coefficient (Wildman–Crippen LogP) is 2.13. The van der Waals surface area contributed by atoms with Crippen LogP contribution in [0.15, 0.2) is 35.9 Å². The molecule has 0 spiro atoms. The van der Waals surface area contributed by atoms with Crippen molar-refractivity contribution in [1.29, 1.82) is 0 Å². The van der Waals surface area contributed by atoms with Crippen molar-refractivity contribution in [2.24, 2.45) is 0 Å². The van der Waals surface area contributed by atoms with Crippen molar-refractivity contribution in [3.05, 3.63) is 41.5 Å². The zero-order valence-electron chi connectivity index (χ0n) is 7.50. The lowest BCUT2D eigenvalue weighted by atomic mass is 10.1. The number of hydrogen-bond donors (Lipinski definition) is 1. The van der Waals surface area contributed by atoms with Gasteiger partial charge in [-0.05, 0) is 25.0 Å². The second-order valence-electron chi connectivity index (χ2n) is 3.31. The summed E-state index contributed by atoms with van der Waals surface area (Å²) in [4.78, 5) is 11.3. The molecule has 1 amide bonds. The molecule has 0 unspecified atom stereocenters. The molecular weight excluding hydrogens is 162 g/mol. The molecule has 0 fully saturated rings. The number of amides is 1. The molecule has 1 heterocycles. The Bertz CT molecular complexity index is 379. The monoisotopic (exact) mass is 173 g/mol. The minimum absolute atomic E-state index is 0.0255. The number of benzene rings is 1. The van der Waals surface area contributed by atoms with Crippen LogP contribution in [0.5, 0.6) is 0 Å². The van der Waals surface area contributed by atoms with Gasteiger partial charge in [0.25, 0.3) is 0 Å². The van der Waals surface area contributed by atoms with E-state index < -0.39 is 0 Å². The first-order valence-electron chi connectivity index (χ1n) is 4.32. The summed E-state index contributed by atoms with van der Waals surface area (Å²) < 4.78 is 0. The lowest BCUT2D eigenvalue weighted by Gasteiger charge is -2.05. The highest BCUT2D eigenvalue weighted by molar-refractivity contribution is 6.01. The van der Waals surface area contributed by atoms with Crippen LogP contribution in [0.1, 0.15) is 12.5 Å². The first kappa shape index (κ1) is 8.05. The number of anilines is 1. The van der Waals surface area contributed by atoms with Crippen LogP contribution in [0.2, 0.25) is 0 Å². The minimum atomic E-state index is -0.0255. The number of nitrogens with one attached hydrogen (secondary N) is 1. The molecule has 0 saturated heterocycles. The molecular formula is C11H11NO. The van der Waals surface area contributed by atoms with Gasteiger partial charge in [-0.3, -0.25) is 4.79 Å². The van der Waals surface area contributed by atoms with Crippen molar-refractivity contribution >= 4 is 11.6 Å². The lowest BCUT2D eigenvalue weighted by molar-refractivity contribution is -0.111. The van der Waals surface area contributed by atoms with Gasteiger partial charge >= 0.3 is 0 Å². The van der Waals surface area contributed by atoms with Crippen molar-refractivity contribution in [1.82, 2.24) is 0 Å². The number of fused-ring (bicyclic) bond motifs is 1. The Morgan fingerprint density at radius 2 is 2.08 bits per heavy atom. The average molecular weight is 173 g/mol. The van der Waals surface area contributed by atoms with Crippen molar-refractivity contribution in [3.8, 4) is 0 Å². The number of allylic oxidation sites excluding steroid dienone is 1. The summed E-state index contributed by atoms with van der Waals surface area (Å²) >= 11 is 0. The zero-order valence-corrected chi connectivity index (χ0v) is 7.50. The Morgan fingerprint density at radius 1 is 1.31 bits per heavy atom. The maximum absolute atomic E-state index is 11.3. The van der Waals surface area contributed by atoms with Gasteiger partial charge in [0.05, 0.1) is 0 Å². The molecule has 1 aromatic carbocycles. The van der Waals surface area contributed by atoms with Crippen molar-refractivity contribution in [3.63, 3.8) is 0 Å². The topological polar surface area (TPSA) is 29.1 Å². The minimum Gasteiger partial charge on any atom is -0.322 e. The predicted molar refractivity (Wildman–Crippen MR) is 52.5 cm³/mol. The van der Waals surface area contributed by atoms with Gasteiger partial charge in [-0.2, -0.15) is 0 Å². The van der Waals surface area contributed by atoms with Gasteiger partial charge in [0, 0.05) is 11.8 Å². The molecule has 2 heteroatoms. The zero-order chi connectivity index (χ0) is 9.26. The number of carbonyl (C=O) groups is 1. The van der Waals surface area contributed by atoms with Crippen LogP contribution >= 0.6 is 0 Å². The molecule has 2 rings (SSSR count). The summed E-state index contributed by atoms with van der Waals surface area (Å²) in [6, 6.07) is 7.89. The summed E-state index contributed by atoms with van der Waals surface area (Å²) in [5, 5.41) is 2.84. The largest absolute Gasteiger partial charge is 0.322 e. The Kier molecular flexibility index (Phi) is 1.89. The van der Waals surface area contributed by atoms with E-state index in [9.17, 15) is 4.79 Å². The van der Waals surface area contributed by atoms with E-state index in [0.717, 1.165) is 17.7 Å². The van der Waals surface area contributed by atoms with Crippen LogP contribution in [0.25, 0.3) is 0 Å². The summed E-state index contributed by atoms with van der Waals surface area (Å²) in [5.74, 6) is -0.0255. The Morgan fingerprint density at radius 3 is 2.92 bits per heavy atom. The molecule has 0 saturated carbocycles. The summed E-state index contributed by atoms with van der Waals surface area (Å²) in [6.45, 7) is 1.97. The van der Waals surface area contributed by atoms with Gasteiger partial charge in [0.2, 0.25) is 5.91 Å². The molecule has 0 radical (unpaired) electrons. The number of hydrogen-bond acceptors (Lipinski definition) is 1. The van der Waals surface area contributed by atoms with E-state index in [2.05, 4.69) is 5.32 Å². The third kappa shape index (κ3) is 1.61. The Hall–Kier alpha value is -1.57. The highest BCUT2D eigenvalue weighted by Crippen LogP contribution is 2.21. The first-order chi connectivity index (χ1) is 6.25.